The van der Waals surface area contributed by atoms with Crippen molar-refractivity contribution in [2.45, 2.75) is 12.8 Å². The Kier molecular flexibility index (Phi) is 5.15. The number of carbonyl (C=O) groups excluding carboxylic acids is 1. The van der Waals surface area contributed by atoms with Gasteiger partial charge in [-0.25, -0.2) is 4.39 Å². The van der Waals surface area contributed by atoms with Gasteiger partial charge in [-0.05, 0) is 37.4 Å². The lowest BCUT2D eigenvalue weighted by Gasteiger charge is -2.08. The summed E-state index contributed by atoms with van der Waals surface area (Å²) in [5.74, 6) is 0.875. The lowest BCUT2D eigenvalue weighted by atomic mass is 10.3. The molecule has 1 aliphatic carbocycles. The number of carbonyl (C=O) groups is 1. The molecule has 5 heteroatoms. The Balaban J connectivity index is 1.51. The standard InChI is InChI=1S/C14H19FN2O2/c15-12-2-1-3-13(8-12)19-7-6-17-14(18)10-16-9-11-4-5-11/h1-3,8,11,16H,4-7,9-10H2,(H,17,18). The molecule has 104 valence electrons. The molecule has 0 saturated heterocycles. The van der Waals surface area contributed by atoms with Crippen LogP contribution in [0.5, 0.6) is 5.75 Å². The first-order chi connectivity index (χ1) is 9.24. The van der Waals surface area contributed by atoms with Crippen LogP contribution in [0.3, 0.4) is 0 Å². The first-order valence-corrected chi connectivity index (χ1v) is 6.60. The van der Waals surface area contributed by atoms with Crippen LogP contribution in [0.25, 0.3) is 0 Å². The minimum Gasteiger partial charge on any atom is -0.492 e. The van der Waals surface area contributed by atoms with Crippen LogP contribution < -0.4 is 15.4 Å². The van der Waals surface area contributed by atoms with E-state index in [9.17, 15) is 9.18 Å². The zero-order chi connectivity index (χ0) is 13.5. The topological polar surface area (TPSA) is 50.4 Å². The Morgan fingerprint density at radius 2 is 2.26 bits per heavy atom. The molecular formula is C14H19FN2O2. The summed E-state index contributed by atoms with van der Waals surface area (Å²) >= 11 is 0. The van der Waals surface area contributed by atoms with Gasteiger partial charge >= 0.3 is 0 Å². The molecule has 0 atom stereocenters. The van der Waals surface area contributed by atoms with Crippen LogP contribution in [0, 0.1) is 11.7 Å². The van der Waals surface area contributed by atoms with E-state index in [1.54, 1.807) is 12.1 Å². The van der Waals surface area contributed by atoms with Crippen molar-refractivity contribution >= 4 is 5.91 Å². The van der Waals surface area contributed by atoms with Crippen LogP contribution in [0.2, 0.25) is 0 Å². The maximum atomic E-state index is 12.9. The molecule has 1 amide bonds. The minimum absolute atomic E-state index is 0.0384. The van der Waals surface area contributed by atoms with E-state index < -0.39 is 0 Å². The van der Waals surface area contributed by atoms with Gasteiger partial charge in [-0.3, -0.25) is 4.79 Å². The van der Waals surface area contributed by atoms with E-state index in [2.05, 4.69) is 10.6 Å². The van der Waals surface area contributed by atoms with Gasteiger partial charge in [0, 0.05) is 6.07 Å². The predicted molar refractivity (Wildman–Crippen MR) is 70.5 cm³/mol. The van der Waals surface area contributed by atoms with Crippen molar-refractivity contribution in [2.24, 2.45) is 5.92 Å². The van der Waals surface area contributed by atoms with Crippen molar-refractivity contribution in [1.82, 2.24) is 10.6 Å². The zero-order valence-electron chi connectivity index (χ0n) is 10.8. The molecule has 0 aliphatic heterocycles. The van der Waals surface area contributed by atoms with E-state index in [1.165, 1.54) is 25.0 Å². The van der Waals surface area contributed by atoms with E-state index >= 15 is 0 Å². The van der Waals surface area contributed by atoms with Gasteiger partial charge < -0.3 is 15.4 Å². The maximum absolute atomic E-state index is 12.9. The lowest BCUT2D eigenvalue weighted by molar-refractivity contribution is -0.120. The average molecular weight is 266 g/mol. The Bertz CT molecular complexity index is 422. The highest BCUT2D eigenvalue weighted by molar-refractivity contribution is 5.77. The molecule has 0 aromatic heterocycles. The Hall–Kier alpha value is -1.62. The molecule has 2 N–H and O–H groups in total. The van der Waals surface area contributed by atoms with Gasteiger partial charge in [-0.1, -0.05) is 6.07 Å². The van der Waals surface area contributed by atoms with Crippen molar-refractivity contribution < 1.29 is 13.9 Å². The molecule has 0 bridgehead atoms. The van der Waals surface area contributed by atoms with E-state index in [4.69, 9.17) is 4.74 Å². The number of halogens is 1. The first kappa shape index (κ1) is 13.8. The summed E-state index contributed by atoms with van der Waals surface area (Å²) in [6, 6.07) is 5.95. The molecule has 1 aliphatic rings. The zero-order valence-corrected chi connectivity index (χ0v) is 10.8. The summed E-state index contributed by atoms with van der Waals surface area (Å²) in [6.07, 6.45) is 2.55. The number of ether oxygens (including phenoxy) is 1. The molecule has 4 nitrogen and oxygen atoms in total. The number of hydrogen-bond donors (Lipinski definition) is 2. The Morgan fingerprint density at radius 1 is 1.42 bits per heavy atom. The largest absolute Gasteiger partial charge is 0.492 e. The Labute approximate surface area is 112 Å². The fourth-order valence-corrected chi connectivity index (χ4v) is 1.69. The van der Waals surface area contributed by atoms with E-state index in [0.717, 1.165) is 12.5 Å². The highest BCUT2D eigenvalue weighted by atomic mass is 19.1. The van der Waals surface area contributed by atoms with Crippen LogP contribution in [0.1, 0.15) is 12.8 Å². The van der Waals surface area contributed by atoms with E-state index in [0.29, 0.717) is 25.4 Å². The fourth-order valence-electron chi connectivity index (χ4n) is 1.69. The molecule has 0 heterocycles. The number of amides is 1. The smallest absolute Gasteiger partial charge is 0.234 e. The molecule has 0 radical (unpaired) electrons. The van der Waals surface area contributed by atoms with Crippen molar-refractivity contribution in [2.75, 3.05) is 26.2 Å². The van der Waals surface area contributed by atoms with Crippen LogP contribution in [-0.2, 0) is 4.79 Å². The summed E-state index contributed by atoms with van der Waals surface area (Å²) in [7, 11) is 0. The third kappa shape index (κ3) is 5.70. The number of nitrogens with one attached hydrogen (secondary N) is 2. The molecule has 1 aromatic carbocycles. The van der Waals surface area contributed by atoms with Gasteiger partial charge in [0.05, 0.1) is 13.1 Å². The second-order valence-corrected chi connectivity index (χ2v) is 4.73. The summed E-state index contributed by atoms with van der Waals surface area (Å²) < 4.78 is 18.2. The van der Waals surface area contributed by atoms with Crippen LogP contribution in [0.15, 0.2) is 24.3 Å². The average Bonchev–Trinajstić information content (AvgIpc) is 3.19. The second-order valence-electron chi connectivity index (χ2n) is 4.73. The van der Waals surface area contributed by atoms with Crippen LogP contribution >= 0.6 is 0 Å². The predicted octanol–water partition coefficient (Wildman–Crippen LogP) is 1.32. The second kappa shape index (κ2) is 7.09. The molecule has 0 unspecified atom stereocenters. The first-order valence-electron chi connectivity index (χ1n) is 6.60. The van der Waals surface area contributed by atoms with E-state index in [-0.39, 0.29) is 11.7 Å². The molecule has 19 heavy (non-hydrogen) atoms. The van der Waals surface area contributed by atoms with Crippen molar-refractivity contribution in [3.05, 3.63) is 30.1 Å². The highest BCUT2D eigenvalue weighted by Crippen LogP contribution is 2.27. The minimum atomic E-state index is -0.328. The molecule has 1 saturated carbocycles. The van der Waals surface area contributed by atoms with Gasteiger partial charge in [0.15, 0.2) is 0 Å². The summed E-state index contributed by atoms with van der Waals surface area (Å²) in [5.41, 5.74) is 0. The molecule has 1 fully saturated rings. The molecule has 2 rings (SSSR count). The normalized spacial score (nSPS) is 14.2. The molecule has 0 spiro atoms. The fraction of sp³-hybridized carbons (Fsp3) is 0.500. The van der Waals surface area contributed by atoms with Gasteiger partial charge in [0.25, 0.3) is 0 Å². The van der Waals surface area contributed by atoms with Gasteiger partial charge in [-0.2, -0.15) is 0 Å². The van der Waals surface area contributed by atoms with E-state index in [1.807, 2.05) is 0 Å². The molecule has 1 aromatic rings. The SMILES string of the molecule is O=C(CNCC1CC1)NCCOc1cccc(F)c1. The summed E-state index contributed by atoms with van der Waals surface area (Å²) in [5, 5.41) is 5.85. The highest BCUT2D eigenvalue weighted by Gasteiger charge is 2.20. The monoisotopic (exact) mass is 266 g/mol. The van der Waals surface area contributed by atoms with Gasteiger partial charge in [0.2, 0.25) is 5.91 Å². The number of hydrogen-bond acceptors (Lipinski definition) is 3. The third-order valence-electron chi connectivity index (χ3n) is 2.90. The molecular weight excluding hydrogens is 247 g/mol. The third-order valence-corrected chi connectivity index (χ3v) is 2.90. The van der Waals surface area contributed by atoms with Crippen LogP contribution in [0.4, 0.5) is 4.39 Å². The Morgan fingerprint density at radius 3 is 3.00 bits per heavy atom. The maximum Gasteiger partial charge on any atom is 0.234 e. The summed E-state index contributed by atoms with van der Waals surface area (Å²) in [4.78, 5) is 11.4. The van der Waals surface area contributed by atoms with Crippen molar-refractivity contribution in [3.63, 3.8) is 0 Å². The van der Waals surface area contributed by atoms with Crippen LogP contribution in [-0.4, -0.2) is 32.1 Å². The van der Waals surface area contributed by atoms with Crippen molar-refractivity contribution in [1.29, 1.82) is 0 Å². The quantitative estimate of drug-likeness (QED) is 0.698. The lowest BCUT2D eigenvalue weighted by Crippen LogP contribution is -2.36. The van der Waals surface area contributed by atoms with Crippen molar-refractivity contribution in [3.8, 4) is 5.75 Å². The van der Waals surface area contributed by atoms with Gasteiger partial charge in [0.1, 0.15) is 18.2 Å². The summed E-state index contributed by atoms with van der Waals surface area (Å²) in [6.45, 7) is 2.02. The van der Waals surface area contributed by atoms with Gasteiger partial charge in [-0.15, -0.1) is 0 Å². The number of rotatable bonds is 8. The number of benzene rings is 1.